The van der Waals surface area contributed by atoms with Crippen LogP contribution in [0.2, 0.25) is 0 Å². The van der Waals surface area contributed by atoms with Gasteiger partial charge in [-0.15, -0.1) is 0 Å². The van der Waals surface area contributed by atoms with Crippen LogP contribution in [0.15, 0.2) is 23.1 Å². The van der Waals surface area contributed by atoms with Gasteiger partial charge in [0.25, 0.3) is 5.56 Å². The number of rotatable bonds is 1. The first-order valence-electron chi connectivity index (χ1n) is 4.62. The highest BCUT2D eigenvalue weighted by molar-refractivity contribution is 5.07. The van der Waals surface area contributed by atoms with Crippen LogP contribution >= 0.6 is 0 Å². The molecule has 1 aromatic rings. The Morgan fingerprint density at radius 3 is 2.27 bits per heavy atom. The second-order valence-corrected chi connectivity index (χ2v) is 2.79. The molecule has 0 aliphatic carbocycles. The summed E-state index contributed by atoms with van der Waals surface area (Å²) >= 11 is 0. The van der Waals surface area contributed by atoms with Crippen molar-refractivity contribution in [1.82, 2.24) is 4.57 Å². The predicted octanol–water partition coefficient (Wildman–Crippen LogP) is 2.75. The molecule has 0 spiro atoms. The molecular formula is C10H14F3NO. The Kier molecular flexibility index (Phi) is 5.11. The zero-order chi connectivity index (χ0) is 12.1. The number of hydrogen-bond donors (Lipinski definition) is 0. The normalized spacial score (nSPS) is 10.5. The topological polar surface area (TPSA) is 22.0 Å². The van der Waals surface area contributed by atoms with E-state index in [0.717, 1.165) is 6.07 Å². The van der Waals surface area contributed by atoms with Crippen LogP contribution in [0.4, 0.5) is 13.2 Å². The van der Waals surface area contributed by atoms with Crippen molar-refractivity contribution in [1.29, 1.82) is 0 Å². The number of hydrogen-bond acceptors (Lipinski definition) is 1. The minimum atomic E-state index is -4.35. The summed E-state index contributed by atoms with van der Waals surface area (Å²) < 4.78 is 36.3. The highest BCUT2D eigenvalue weighted by atomic mass is 19.4. The summed E-state index contributed by atoms with van der Waals surface area (Å²) in [6.45, 7) is 4.40. The fourth-order valence-electron chi connectivity index (χ4n) is 0.968. The lowest BCUT2D eigenvalue weighted by molar-refractivity contribution is -0.141. The molecule has 0 aliphatic rings. The highest BCUT2D eigenvalue weighted by Gasteiger charge is 2.28. The molecule has 0 atom stereocenters. The highest BCUT2D eigenvalue weighted by Crippen LogP contribution is 2.16. The van der Waals surface area contributed by atoms with E-state index in [2.05, 4.69) is 0 Å². The standard InChI is InChI=1S/C8H8F3NO.C2H6/c1-6-2-3-7(13)12(4-6)5-8(9,10)11;1-2/h2-4H,5H2,1H3;1-2H3. The van der Waals surface area contributed by atoms with E-state index in [1.807, 2.05) is 13.8 Å². The third-order valence-electron chi connectivity index (χ3n) is 1.48. The van der Waals surface area contributed by atoms with Crippen molar-refractivity contribution in [3.05, 3.63) is 34.2 Å². The molecule has 0 N–H and O–H groups in total. The largest absolute Gasteiger partial charge is 0.406 e. The lowest BCUT2D eigenvalue weighted by Crippen LogP contribution is -2.27. The molecule has 2 nitrogen and oxygen atoms in total. The number of alkyl halides is 3. The molecule has 0 radical (unpaired) electrons. The summed E-state index contributed by atoms with van der Waals surface area (Å²) in [7, 11) is 0. The fourth-order valence-corrected chi connectivity index (χ4v) is 0.968. The first-order valence-corrected chi connectivity index (χ1v) is 4.62. The van der Waals surface area contributed by atoms with Crippen molar-refractivity contribution in [2.75, 3.05) is 0 Å². The van der Waals surface area contributed by atoms with Gasteiger partial charge < -0.3 is 4.57 Å². The van der Waals surface area contributed by atoms with Crippen LogP contribution in [-0.4, -0.2) is 10.7 Å². The van der Waals surface area contributed by atoms with E-state index in [1.54, 1.807) is 6.92 Å². The number of halogens is 3. The Hall–Kier alpha value is -1.26. The molecule has 0 aliphatic heterocycles. The molecule has 1 rings (SSSR count). The van der Waals surface area contributed by atoms with E-state index < -0.39 is 18.3 Å². The molecule has 0 saturated heterocycles. The monoisotopic (exact) mass is 221 g/mol. The number of pyridine rings is 1. The van der Waals surface area contributed by atoms with Crippen molar-refractivity contribution in [3.8, 4) is 0 Å². The van der Waals surface area contributed by atoms with E-state index in [0.29, 0.717) is 10.1 Å². The minimum Gasteiger partial charge on any atom is -0.306 e. The van der Waals surface area contributed by atoms with Crippen LogP contribution in [0.1, 0.15) is 19.4 Å². The summed E-state index contributed by atoms with van der Waals surface area (Å²) in [5, 5.41) is 0. The average molecular weight is 221 g/mol. The molecule has 0 aromatic carbocycles. The SMILES string of the molecule is CC.Cc1ccc(=O)n(CC(F)(F)F)c1. The Morgan fingerprint density at radius 2 is 1.80 bits per heavy atom. The van der Waals surface area contributed by atoms with Gasteiger partial charge >= 0.3 is 6.18 Å². The van der Waals surface area contributed by atoms with Crippen LogP contribution in [0, 0.1) is 6.92 Å². The summed E-state index contributed by atoms with van der Waals surface area (Å²) in [5.41, 5.74) is -0.00762. The summed E-state index contributed by atoms with van der Waals surface area (Å²) in [5.74, 6) is 0. The van der Waals surface area contributed by atoms with Crippen molar-refractivity contribution < 1.29 is 13.2 Å². The molecule has 0 bridgehead atoms. The maximum absolute atomic E-state index is 11.9. The van der Waals surface area contributed by atoms with Gasteiger partial charge in [-0.2, -0.15) is 13.2 Å². The minimum absolute atomic E-state index is 0.629. The molecule has 0 saturated carbocycles. The van der Waals surface area contributed by atoms with E-state index >= 15 is 0 Å². The maximum Gasteiger partial charge on any atom is 0.406 e. The van der Waals surface area contributed by atoms with Gasteiger partial charge in [0.1, 0.15) is 6.54 Å². The van der Waals surface area contributed by atoms with Gasteiger partial charge in [0, 0.05) is 12.3 Å². The zero-order valence-electron chi connectivity index (χ0n) is 8.93. The van der Waals surface area contributed by atoms with Gasteiger partial charge in [0.2, 0.25) is 0 Å². The van der Waals surface area contributed by atoms with Crippen molar-refractivity contribution in [2.24, 2.45) is 0 Å². The van der Waals surface area contributed by atoms with Crippen LogP contribution in [0.3, 0.4) is 0 Å². The van der Waals surface area contributed by atoms with Crippen LogP contribution in [0.25, 0.3) is 0 Å². The van der Waals surface area contributed by atoms with Gasteiger partial charge in [0.15, 0.2) is 0 Å². The lowest BCUT2D eigenvalue weighted by atomic mass is 10.3. The van der Waals surface area contributed by atoms with Crippen molar-refractivity contribution in [3.63, 3.8) is 0 Å². The van der Waals surface area contributed by atoms with Gasteiger partial charge in [-0.25, -0.2) is 0 Å². The Balaban J connectivity index is 0.000000921. The maximum atomic E-state index is 11.9. The third-order valence-corrected chi connectivity index (χ3v) is 1.48. The molecule has 5 heteroatoms. The smallest absolute Gasteiger partial charge is 0.306 e. The molecule has 15 heavy (non-hydrogen) atoms. The van der Waals surface area contributed by atoms with Crippen LogP contribution < -0.4 is 5.56 Å². The molecular weight excluding hydrogens is 207 g/mol. The summed E-state index contributed by atoms with van der Waals surface area (Å²) in [6, 6.07) is 2.61. The first kappa shape index (κ1) is 13.7. The lowest BCUT2D eigenvalue weighted by Gasteiger charge is -2.09. The molecule has 0 fully saturated rings. The van der Waals surface area contributed by atoms with E-state index in [4.69, 9.17) is 0 Å². The van der Waals surface area contributed by atoms with Crippen LogP contribution in [0.5, 0.6) is 0 Å². The van der Waals surface area contributed by atoms with E-state index in [1.165, 1.54) is 12.3 Å². The Morgan fingerprint density at radius 1 is 1.27 bits per heavy atom. The molecule has 86 valence electrons. The number of aryl methyl sites for hydroxylation is 1. The van der Waals surface area contributed by atoms with Crippen molar-refractivity contribution in [2.45, 2.75) is 33.5 Å². The quantitative estimate of drug-likeness (QED) is 0.714. The Bertz CT molecular complexity index is 354. The predicted molar refractivity (Wildman–Crippen MR) is 52.8 cm³/mol. The molecule has 0 unspecified atom stereocenters. The van der Waals surface area contributed by atoms with Crippen molar-refractivity contribution >= 4 is 0 Å². The molecule has 1 aromatic heterocycles. The number of aromatic nitrogens is 1. The van der Waals surface area contributed by atoms with Gasteiger partial charge in [-0.05, 0) is 12.5 Å². The van der Waals surface area contributed by atoms with Gasteiger partial charge in [-0.3, -0.25) is 4.79 Å². The van der Waals surface area contributed by atoms with Gasteiger partial charge in [0.05, 0.1) is 0 Å². The summed E-state index contributed by atoms with van der Waals surface area (Å²) in [4.78, 5) is 10.9. The average Bonchev–Trinajstić information content (AvgIpc) is 2.12. The summed E-state index contributed by atoms with van der Waals surface area (Å²) in [6.07, 6.45) is -3.16. The second-order valence-electron chi connectivity index (χ2n) is 2.79. The first-order chi connectivity index (χ1) is 6.88. The van der Waals surface area contributed by atoms with Crippen LogP contribution in [-0.2, 0) is 6.54 Å². The third kappa shape index (κ3) is 5.24. The molecule has 1 heterocycles. The second kappa shape index (κ2) is 5.58. The van der Waals surface area contributed by atoms with E-state index in [-0.39, 0.29) is 0 Å². The fraction of sp³-hybridized carbons (Fsp3) is 0.500. The zero-order valence-corrected chi connectivity index (χ0v) is 8.93. The molecule has 0 amide bonds. The number of nitrogens with zero attached hydrogens (tertiary/aromatic N) is 1. The van der Waals surface area contributed by atoms with Gasteiger partial charge in [-0.1, -0.05) is 19.9 Å². The van der Waals surface area contributed by atoms with E-state index in [9.17, 15) is 18.0 Å². The Labute approximate surface area is 86.3 Å².